The Morgan fingerprint density at radius 1 is 1.40 bits per heavy atom. The summed E-state index contributed by atoms with van der Waals surface area (Å²) in [6.07, 6.45) is 1.74. The van der Waals surface area contributed by atoms with Gasteiger partial charge in [-0.3, -0.25) is 4.79 Å². The summed E-state index contributed by atoms with van der Waals surface area (Å²) in [5.74, 6) is 1.01. The molecule has 110 valence electrons. The van der Waals surface area contributed by atoms with Crippen molar-refractivity contribution >= 4 is 11.6 Å². The van der Waals surface area contributed by atoms with Gasteiger partial charge in [0.2, 0.25) is 5.91 Å². The highest BCUT2D eigenvalue weighted by Gasteiger charge is 2.33. The van der Waals surface area contributed by atoms with Gasteiger partial charge >= 0.3 is 0 Å². The van der Waals surface area contributed by atoms with Crippen LogP contribution >= 0.6 is 0 Å². The Morgan fingerprint density at radius 3 is 2.60 bits per heavy atom. The first kappa shape index (κ1) is 14.7. The van der Waals surface area contributed by atoms with Crippen LogP contribution in [0.2, 0.25) is 0 Å². The molecule has 0 bridgehead atoms. The molecule has 1 heterocycles. The van der Waals surface area contributed by atoms with Crippen LogP contribution in [0.4, 0.5) is 5.69 Å². The van der Waals surface area contributed by atoms with Crippen LogP contribution in [0.25, 0.3) is 0 Å². The van der Waals surface area contributed by atoms with Gasteiger partial charge in [0, 0.05) is 25.8 Å². The second-order valence-electron chi connectivity index (χ2n) is 5.10. The zero-order valence-electron chi connectivity index (χ0n) is 12.2. The van der Waals surface area contributed by atoms with Gasteiger partial charge in [-0.15, -0.1) is 0 Å². The number of likely N-dealkylation sites (N-methyl/N-ethyl adjacent to an activating group) is 1. The van der Waals surface area contributed by atoms with Crippen LogP contribution in [-0.2, 0) is 4.79 Å². The zero-order valence-corrected chi connectivity index (χ0v) is 12.2. The van der Waals surface area contributed by atoms with Gasteiger partial charge in [0.1, 0.15) is 11.8 Å². The van der Waals surface area contributed by atoms with Crippen molar-refractivity contribution in [2.45, 2.75) is 18.9 Å². The number of anilines is 1. The lowest BCUT2D eigenvalue weighted by Crippen LogP contribution is -2.42. The predicted molar refractivity (Wildman–Crippen MR) is 80.1 cm³/mol. The van der Waals surface area contributed by atoms with Gasteiger partial charge in [0.15, 0.2) is 0 Å². The zero-order chi connectivity index (χ0) is 14.5. The van der Waals surface area contributed by atoms with Crippen LogP contribution < -0.4 is 15.4 Å². The molecule has 0 radical (unpaired) electrons. The Bertz CT molecular complexity index is 447. The van der Waals surface area contributed by atoms with Crippen LogP contribution in [0, 0.1) is 0 Å². The van der Waals surface area contributed by atoms with Crippen LogP contribution in [0.3, 0.4) is 0 Å². The second-order valence-corrected chi connectivity index (χ2v) is 5.10. The third-order valence-corrected chi connectivity index (χ3v) is 3.78. The Labute approximate surface area is 120 Å². The number of amides is 1. The maximum absolute atomic E-state index is 12.2. The summed E-state index contributed by atoms with van der Waals surface area (Å²) in [5, 5.41) is 0. The van der Waals surface area contributed by atoms with Crippen molar-refractivity contribution < 1.29 is 9.53 Å². The summed E-state index contributed by atoms with van der Waals surface area (Å²) < 4.78 is 5.18. The molecule has 0 aliphatic carbocycles. The number of hydrogen-bond acceptors (Lipinski definition) is 4. The first-order chi connectivity index (χ1) is 9.67. The van der Waals surface area contributed by atoms with Crippen molar-refractivity contribution in [2.24, 2.45) is 5.73 Å². The Kier molecular flexibility index (Phi) is 4.84. The topological polar surface area (TPSA) is 58.8 Å². The molecule has 2 N–H and O–H groups in total. The lowest BCUT2D eigenvalue weighted by Gasteiger charge is -2.30. The standard InChI is InChI=1S/C15H23N3O2/c1-17-11-8-14(15(17)19)18(10-3-9-16)12-4-6-13(20-2)7-5-12/h4-7,14H,3,8-11,16H2,1-2H3. The minimum absolute atomic E-state index is 0.0695. The molecular weight excluding hydrogens is 254 g/mol. The summed E-state index contributed by atoms with van der Waals surface area (Å²) in [7, 11) is 3.51. The van der Waals surface area contributed by atoms with Crippen LogP contribution in [0.5, 0.6) is 5.75 Å². The van der Waals surface area contributed by atoms with Gasteiger partial charge in [-0.2, -0.15) is 0 Å². The van der Waals surface area contributed by atoms with E-state index in [1.165, 1.54) is 0 Å². The fourth-order valence-corrected chi connectivity index (χ4v) is 2.59. The maximum atomic E-state index is 12.2. The third-order valence-electron chi connectivity index (χ3n) is 3.78. The van der Waals surface area contributed by atoms with E-state index in [2.05, 4.69) is 4.90 Å². The molecule has 1 atom stereocenters. The Balaban J connectivity index is 2.19. The van der Waals surface area contributed by atoms with Gasteiger partial charge < -0.3 is 20.3 Å². The normalized spacial score (nSPS) is 18.4. The van der Waals surface area contributed by atoms with Crippen LogP contribution in [-0.4, -0.2) is 50.6 Å². The summed E-state index contributed by atoms with van der Waals surface area (Å²) in [4.78, 5) is 16.2. The van der Waals surface area contributed by atoms with Gasteiger partial charge in [0.05, 0.1) is 7.11 Å². The molecule has 1 unspecified atom stereocenters. The predicted octanol–water partition coefficient (Wildman–Crippen LogP) is 1.08. The maximum Gasteiger partial charge on any atom is 0.245 e. The van der Waals surface area contributed by atoms with E-state index in [-0.39, 0.29) is 11.9 Å². The fraction of sp³-hybridized carbons (Fsp3) is 0.533. The smallest absolute Gasteiger partial charge is 0.245 e. The molecule has 0 aromatic heterocycles. The number of nitrogens with two attached hydrogens (primary N) is 1. The van der Waals surface area contributed by atoms with E-state index in [0.717, 1.165) is 37.4 Å². The van der Waals surface area contributed by atoms with Crippen molar-refractivity contribution in [1.29, 1.82) is 0 Å². The van der Waals surface area contributed by atoms with Gasteiger partial charge in [-0.25, -0.2) is 0 Å². The van der Waals surface area contributed by atoms with Gasteiger partial charge in [-0.05, 0) is 43.7 Å². The highest BCUT2D eigenvalue weighted by molar-refractivity contribution is 5.87. The number of carbonyl (C=O) groups is 1. The largest absolute Gasteiger partial charge is 0.497 e. The van der Waals surface area contributed by atoms with Crippen LogP contribution in [0.1, 0.15) is 12.8 Å². The minimum Gasteiger partial charge on any atom is -0.497 e. The fourth-order valence-electron chi connectivity index (χ4n) is 2.59. The Hall–Kier alpha value is -1.75. The summed E-state index contributed by atoms with van der Waals surface area (Å²) in [5.41, 5.74) is 6.67. The highest BCUT2D eigenvalue weighted by atomic mass is 16.5. The first-order valence-electron chi connectivity index (χ1n) is 7.03. The molecule has 1 aliphatic heterocycles. The number of rotatable bonds is 6. The number of methoxy groups -OCH3 is 1. The molecule has 1 aliphatic rings. The van der Waals surface area contributed by atoms with E-state index in [1.807, 2.05) is 31.3 Å². The quantitative estimate of drug-likeness (QED) is 0.845. The van der Waals surface area contributed by atoms with Crippen molar-refractivity contribution in [3.63, 3.8) is 0 Å². The second kappa shape index (κ2) is 6.61. The Morgan fingerprint density at radius 2 is 2.10 bits per heavy atom. The van der Waals surface area contributed by atoms with Crippen molar-refractivity contribution in [1.82, 2.24) is 4.90 Å². The monoisotopic (exact) mass is 277 g/mol. The average Bonchev–Trinajstić information content (AvgIpc) is 2.81. The molecule has 2 rings (SSSR count). The van der Waals surface area contributed by atoms with E-state index in [0.29, 0.717) is 6.54 Å². The lowest BCUT2D eigenvalue weighted by molar-refractivity contribution is -0.127. The van der Waals surface area contributed by atoms with Crippen LogP contribution in [0.15, 0.2) is 24.3 Å². The minimum atomic E-state index is -0.0695. The molecular formula is C15H23N3O2. The van der Waals surface area contributed by atoms with E-state index in [9.17, 15) is 4.79 Å². The number of nitrogens with zero attached hydrogens (tertiary/aromatic N) is 2. The average molecular weight is 277 g/mol. The highest BCUT2D eigenvalue weighted by Crippen LogP contribution is 2.25. The van der Waals surface area contributed by atoms with E-state index >= 15 is 0 Å². The molecule has 20 heavy (non-hydrogen) atoms. The van der Waals surface area contributed by atoms with Crippen molar-refractivity contribution in [3.05, 3.63) is 24.3 Å². The van der Waals surface area contributed by atoms with E-state index < -0.39 is 0 Å². The molecule has 1 aromatic rings. The van der Waals surface area contributed by atoms with E-state index in [4.69, 9.17) is 10.5 Å². The molecule has 5 nitrogen and oxygen atoms in total. The first-order valence-corrected chi connectivity index (χ1v) is 7.03. The van der Waals surface area contributed by atoms with Crippen molar-refractivity contribution in [3.8, 4) is 5.75 Å². The summed E-state index contributed by atoms with van der Waals surface area (Å²) in [6, 6.07) is 7.78. The summed E-state index contributed by atoms with van der Waals surface area (Å²) >= 11 is 0. The summed E-state index contributed by atoms with van der Waals surface area (Å²) in [6.45, 7) is 2.25. The number of ether oxygens (including phenoxy) is 1. The molecule has 1 aromatic carbocycles. The van der Waals surface area contributed by atoms with E-state index in [1.54, 1.807) is 12.0 Å². The SMILES string of the molecule is COc1ccc(N(CCCN)C2CCN(C)C2=O)cc1. The molecule has 1 fully saturated rings. The number of likely N-dealkylation sites (tertiary alicyclic amines) is 1. The molecule has 1 saturated heterocycles. The molecule has 1 amide bonds. The third kappa shape index (κ3) is 3.04. The van der Waals surface area contributed by atoms with Crippen molar-refractivity contribution in [2.75, 3.05) is 38.7 Å². The number of benzene rings is 1. The number of hydrogen-bond donors (Lipinski definition) is 1. The molecule has 0 spiro atoms. The lowest BCUT2D eigenvalue weighted by atomic mass is 10.1. The van der Waals surface area contributed by atoms with Gasteiger partial charge in [0.25, 0.3) is 0 Å². The molecule has 0 saturated carbocycles. The van der Waals surface area contributed by atoms with Gasteiger partial charge in [-0.1, -0.05) is 0 Å². The number of carbonyl (C=O) groups excluding carboxylic acids is 1. The molecule has 5 heteroatoms.